The highest BCUT2D eigenvalue weighted by Crippen LogP contribution is 2.38. The van der Waals surface area contributed by atoms with Crippen molar-refractivity contribution < 1.29 is 13.2 Å². The maximum absolute atomic E-state index is 12.2. The molecular weight excluding hydrogens is 333 g/mol. The van der Waals surface area contributed by atoms with Crippen molar-refractivity contribution in [2.45, 2.75) is 57.5 Å². The number of benzene rings is 1. The van der Waals surface area contributed by atoms with Crippen LogP contribution in [0.3, 0.4) is 0 Å². The van der Waals surface area contributed by atoms with Crippen LogP contribution >= 0.6 is 11.6 Å². The van der Waals surface area contributed by atoms with Gasteiger partial charge in [0.25, 0.3) is 0 Å². The lowest BCUT2D eigenvalue weighted by molar-refractivity contribution is -0.0696. The standard InChI is InChI=1S/C20H22ClF3/c1-2-3-4-5-15-6-8-16(9-7-15)18-11-10-17(19(21)14-18)12-13-20(22,23)24/h2-3,10-11,14-16H,4-9H2,1H3/b3-2+. The van der Waals surface area contributed by atoms with E-state index in [1.165, 1.54) is 25.2 Å². The fourth-order valence-electron chi connectivity index (χ4n) is 3.31. The molecule has 0 spiro atoms. The Labute approximate surface area is 147 Å². The average molecular weight is 355 g/mol. The molecule has 0 heterocycles. The highest BCUT2D eigenvalue weighted by molar-refractivity contribution is 6.31. The zero-order valence-electron chi connectivity index (χ0n) is 13.8. The molecule has 130 valence electrons. The lowest BCUT2D eigenvalue weighted by atomic mass is 9.77. The zero-order chi connectivity index (χ0) is 17.6. The molecular formula is C20H22ClF3. The molecule has 0 radical (unpaired) electrons. The second-order valence-corrected chi connectivity index (χ2v) is 6.76. The minimum atomic E-state index is -4.49. The molecule has 1 fully saturated rings. The number of hydrogen-bond donors (Lipinski definition) is 0. The van der Waals surface area contributed by atoms with E-state index in [9.17, 15) is 13.2 Å². The molecule has 0 bridgehead atoms. The Kier molecular flexibility index (Phi) is 6.80. The van der Waals surface area contributed by atoms with Gasteiger partial charge in [0, 0.05) is 11.5 Å². The van der Waals surface area contributed by atoms with Crippen LogP contribution in [0.5, 0.6) is 0 Å². The van der Waals surface area contributed by atoms with Crippen molar-refractivity contribution in [2.75, 3.05) is 0 Å². The smallest absolute Gasteiger partial charge is 0.159 e. The van der Waals surface area contributed by atoms with Crippen molar-refractivity contribution >= 4 is 11.6 Å². The first kappa shape index (κ1) is 18.9. The van der Waals surface area contributed by atoms with Crippen molar-refractivity contribution in [3.8, 4) is 11.8 Å². The second kappa shape index (κ2) is 8.62. The monoisotopic (exact) mass is 354 g/mol. The Bertz CT molecular complexity index is 627. The Morgan fingerprint density at radius 3 is 2.50 bits per heavy atom. The van der Waals surface area contributed by atoms with E-state index >= 15 is 0 Å². The highest BCUT2D eigenvalue weighted by Gasteiger charge is 2.24. The summed E-state index contributed by atoms with van der Waals surface area (Å²) in [6.45, 7) is 2.05. The maximum Gasteiger partial charge on any atom is 0.458 e. The molecule has 0 amide bonds. The lowest BCUT2D eigenvalue weighted by Gasteiger charge is -2.28. The Morgan fingerprint density at radius 2 is 1.92 bits per heavy atom. The molecule has 0 unspecified atom stereocenters. The van der Waals surface area contributed by atoms with Crippen molar-refractivity contribution in [1.29, 1.82) is 0 Å². The van der Waals surface area contributed by atoms with Crippen LogP contribution in [0, 0.1) is 17.8 Å². The van der Waals surface area contributed by atoms with Gasteiger partial charge in [0.05, 0.1) is 5.02 Å². The van der Waals surface area contributed by atoms with Gasteiger partial charge in [-0.15, -0.1) is 0 Å². The van der Waals surface area contributed by atoms with Crippen LogP contribution < -0.4 is 0 Å². The number of hydrogen-bond acceptors (Lipinski definition) is 0. The number of alkyl halides is 3. The molecule has 24 heavy (non-hydrogen) atoms. The Balaban J connectivity index is 1.96. The molecule has 1 saturated carbocycles. The van der Waals surface area contributed by atoms with Crippen LogP contribution in [-0.4, -0.2) is 6.18 Å². The van der Waals surface area contributed by atoms with Crippen molar-refractivity contribution in [2.24, 2.45) is 5.92 Å². The van der Waals surface area contributed by atoms with Gasteiger partial charge in [0.15, 0.2) is 0 Å². The zero-order valence-corrected chi connectivity index (χ0v) is 14.6. The molecule has 0 saturated heterocycles. The fraction of sp³-hybridized carbons (Fsp3) is 0.500. The molecule has 0 aliphatic heterocycles. The first-order valence-corrected chi connectivity index (χ1v) is 8.77. The molecule has 4 heteroatoms. The van der Waals surface area contributed by atoms with Gasteiger partial charge in [-0.1, -0.05) is 35.7 Å². The van der Waals surface area contributed by atoms with E-state index in [0.717, 1.165) is 30.7 Å². The third kappa shape index (κ3) is 5.91. The Hall–Kier alpha value is -1.40. The quantitative estimate of drug-likeness (QED) is 0.408. The maximum atomic E-state index is 12.2. The third-order valence-electron chi connectivity index (χ3n) is 4.63. The molecule has 0 atom stereocenters. The van der Waals surface area contributed by atoms with Gasteiger partial charge in [-0.05, 0) is 75.0 Å². The number of allylic oxidation sites excluding steroid dienone is 2. The van der Waals surface area contributed by atoms with Crippen molar-refractivity contribution in [1.82, 2.24) is 0 Å². The van der Waals surface area contributed by atoms with Crippen molar-refractivity contribution in [3.05, 3.63) is 46.5 Å². The summed E-state index contributed by atoms with van der Waals surface area (Å²) in [4.78, 5) is 0. The predicted molar refractivity (Wildman–Crippen MR) is 93.1 cm³/mol. The van der Waals surface area contributed by atoms with E-state index in [0.29, 0.717) is 10.9 Å². The van der Waals surface area contributed by atoms with Gasteiger partial charge in [-0.3, -0.25) is 0 Å². The van der Waals surface area contributed by atoms with E-state index < -0.39 is 6.18 Å². The molecule has 1 aromatic carbocycles. The lowest BCUT2D eigenvalue weighted by Crippen LogP contribution is -2.13. The van der Waals surface area contributed by atoms with Gasteiger partial charge in [-0.25, -0.2) is 0 Å². The fourth-order valence-corrected chi connectivity index (χ4v) is 3.54. The van der Waals surface area contributed by atoms with E-state index in [4.69, 9.17) is 11.6 Å². The minimum Gasteiger partial charge on any atom is -0.159 e. The highest BCUT2D eigenvalue weighted by atomic mass is 35.5. The Morgan fingerprint density at radius 1 is 1.21 bits per heavy atom. The largest absolute Gasteiger partial charge is 0.458 e. The van der Waals surface area contributed by atoms with Gasteiger partial charge in [0.2, 0.25) is 0 Å². The summed E-state index contributed by atoms with van der Waals surface area (Å²) in [5, 5.41) is 0.305. The summed E-state index contributed by atoms with van der Waals surface area (Å²) in [6, 6.07) is 5.26. The molecule has 1 aliphatic rings. The number of rotatable bonds is 4. The molecule has 1 aliphatic carbocycles. The normalized spacial score (nSPS) is 21.5. The van der Waals surface area contributed by atoms with E-state index in [1.807, 2.05) is 13.0 Å². The van der Waals surface area contributed by atoms with Gasteiger partial charge in [-0.2, -0.15) is 13.2 Å². The predicted octanol–water partition coefficient (Wildman–Crippen LogP) is 6.88. The van der Waals surface area contributed by atoms with Gasteiger partial charge in [0.1, 0.15) is 0 Å². The third-order valence-corrected chi connectivity index (χ3v) is 4.94. The van der Waals surface area contributed by atoms with Crippen LogP contribution in [0.1, 0.15) is 62.5 Å². The van der Waals surface area contributed by atoms with Crippen LogP contribution in [-0.2, 0) is 0 Å². The first-order valence-electron chi connectivity index (χ1n) is 8.39. The molecule has 2 rings (SSSR count). The topological polar surface area (TPSA) is 0 Å². The molecule has 0 aromatic heterocycles. The summed E-state index contributed by atoms with van der Waals surface area (Å²) in [7, 11) is 0. The van der Waals surface area contributed by atoms with Gasteiger partial charge >= 0.3 is 6.18 Å². The minimum absolute atomic E-state index is 0.234. The van der Waals surface area contributed by atoms with Crippen LogP contribution in [0.15, 0.2) is 30.4 Å². The summed E-state index contributed by atoms with van der Waals surface area (Å²) in [5.41, 5.74) is 1.35. The summed E-state index contributed by atoms with van der Waals surface area (Å²) in [6.07, 6.45) is 6.84. The van der Waals surface area contributed by atoms with Crippen LogP contribution in [0.25, 0.3) is 0 Å². The van der Waals surface area contributed by atoms with Crippen LogP contribution in [0.2, 0.25) is 5.02 Å². The SMILES string of the molecule is C/C=C/CCC1CCC(c2ccc(C#CC(F)(F)F)c(Cl)c2)CC1. The van der Waals surface area contributed by atoms with Crippen LogP contribution in [0.4, 0.5) is 13.2 Å². The molecule has 0 N–H and O–H groups in total. The van der Waals surface area contributed by atoms with E-state index in [2.05, 4.69) is 18.1 Å². The van der Waals surface area contributed by atoms with E-state index in [1.54, 1.807) is 12.1 Å². The van der Waals surface area contributed by atoms with Gasteiger partial charge < -0.3 is 0 Å². The first-order chi connectivity index (χ1) is 11.4. The molecule has 0 nitrogen and oxygen atoms in total. The summed E-state index contributed by atoms with van der Waals surface area (Å²) < 4.78 is 36.5. The van der Waals surface area contributed by atoms with E-state index in [-0.39, 0.29) is 5.56 Å². The summed E-state index contributed by atoms with van der Waals surface area (Å²) in [5.74, 6) is 4.60. The number of halogens is 4. The molecule has 1 aromatic rings. The second-order valence-electron chi connectivity index (χ2n) is 6.35. The van der Waals surface area contributed by atoms with Crippen molar-refractivity contribution in [3.63, 3.8) is 0 Å². The average Bonchev–Trinajstić information content (AvgIpc) is 2.54. The summed E-state index contributed by atoms with van der Waals surface area (Å²) >= 11 is 6.11.